The number of carbonyl (C=O) groups excluding carboxylic acids is 4. The van der Waals surface area contributed by atoms with E-state index < -0.39 is 97.5 Å². The van der Waals surface area contributed by atoms with Gasteiger partial charge in [0.25, 0.3) is 0 Å². The summed E-state index contributed by atoms with van der Waals surface area (Å²) in [5.74, 6) is 0.0589. The van der Waals surface area contributed by atoms with Crippen LogP contribution in [-0.2, 0) is 65.4 Å². The minimum Gasteiger partial charge on any atom is -0.462 e. The molecule has 94 heavy (non-hydrogen) atoms. The summed E-state index contributed by atoms with van der Waals surface area (Å²) < 4.78 is 68.4. The van der Waals surface area contributed by atoms with E-state index in [2.05, 4.69) is 48.5 Å². The van der Waals surface area contributed by atoms with Crippen LogP contribution in [0.2, 0.25) is 0 Å². The van der Waals surface area contributed by atoms with E-state index in [1.165, 1.54) is 186 Å². The molecule has 0 rings (SSSR count). The molecule has 0 aromatic carbocycles. The molecule has 0 saturated heterocycles. The van der Waals surface area contributed by atoms with Gasteiger partial charge in [-0.1, -0.05) is 331 Å². The van der Waals surface area contributed by atoms with Crippen molar-refractivity contribution in [1.82, 2.24) is 0 Å². The molecule has 0 radical (unpaired) electrons. The van der Waals surface area contributed by atoms with Crippen molar-refractivity contribution in [3.63, 3.8) is 0 Å². The van der Waals surface area contributed by atoms with Gasteiger partial charge in [-0.05, 0) is 43.4 Å². The molecule has 0 aromatic rings. The molecule has 0 bridgehead atoms. The van der Waals surface area contributed by atoms with Crippen LogP contribution >= 0.6 is 15.6 Å². The largest absolute Gasteiger partial charge is 0.472 e. The quantitative estimate of drug-likeness (QED) is 0.0222. The summed E-state index contributed by atoms with van der Waals surface area (Å²) in [5, 5.41) is 10.6. The number of aliphatic hydroxyl groups is 1. The maximum atomic E-state index is 13.1. The highest BCUT2D eigenvalue weighted by Crippen LogP contribution is 2.45. The number of ether oxygens (including phenoxy) is 4. The van der Waals surface area contributed by atoms with Crippen LogP contribution < -0.4 is 0 Å². The highest BCUT2D eigenvalue weighted by Gasteiger charge is 2.30. The van der Waals surface area contributed by atoms with Gasteiger partial charge in [0, 0.05) is 25.7 Å². The minimum absolute atomic E-state index is 0.102. The molecular formula is C75H146O17P2. The zero-order valence-electron chi connectivity index (χ0n) is 61.4. The average Bonchev–Trinajstić information content (AvgIpc) is 1.79. The summed E-state index contributed by atoms with van der Waals surface area (Å²) in [6.45, 7) is 11.8. The van der Waals surface area contributed by atoms with Gasteiger partial charge in [0.05, 0.1) is 26.4 Å². The predicted octanol–water partition coefficient (Wildman–Crippen LogP) is 21.8. The number of phosphoric ester groups is 2. The van der Waals surface area contributed by atoms with Gasteiger partial charge in [0.15, 0.2) is 12.2 Å². The van der Waals surface area contributed by atoms with Crippen LogP contribution in [0.25, 0.3) is 0 Å². The Morgan fingerprint density at radius 2 is 0.543 bits per heavy atom. The SMILES string of the molecule is CCCCCCCCCCCCCCCCCCCCCCCC(=O)O[C@H](COC(=O)CCCCCCCCCCCCC(C)CC)COP(=O)(O)OC[C@@H](O)COP(=O)(O)OC[C@@H](COC(=O)CCCCCCCCC(C)C)OC(=O)CCCCCCCCCC(C)C. The Morgan fingerprint density at radius 1 is 0.309 bits per heavy atom. The third kappa shape index (κ3) is 67.3. The second-order valence-electron chi connectivity index (χ2n) is 28.2. The zero-order chi connectivity index (χ0) is 69.4. The average molecular weight is 1380 g/mol. The maximum Gasteiger partial charge on any atom is 0.472 e. The number of hydrogen-bond donors (Lipinski definition) is 3. The number of unbranched alkanes of at least 4 members (excludes halogenated alkanes) is 40. The Labute approximate surface area is 575 Å². The minimum atomic E-state index is -4.96. The van der Waals surface area contributed by atoms with Gasteiger partial charge >= 0.3 is 39.5 Å². The molecule has 19 heteroatoms. The monoisotopic (exact) mass is 1380 g/mol. The number of carbonyl (C=O) groups is 4. The van der Waals surface area contributed by atoms with E-state index in [1.54, 1.807) is 0 Å². The lowest BCUT2D eigenvalue weighted by atomic mass is 9.99. The van der Waals surface area contributed by atoms with Crippen molar-refractivity contribution >= 4 is 39.5 Å². The molecule has 0 saturated carbocycles. The van der Waals surface area contributed by atoms with E-state index in [4.69, 9.17) is 37.0 Å². The van der Waals surface area contributed by atoms with Crippen molar-refractivity contribution in [3.05, 3.63) is 0 Å². The molecule has 3 unspecified atom stereocenters. The van der Waals surface area contributed by atoms with Gasteiger partial charge < -0.3 is 33.8 Å². The number of esters is 4. The molecule has 0 aliphatic carbocycles. The highest BCUT2D eigenvalue weighted by molar-refractivity contribution is 7.47. The van der Waals surface area contributed by atoms with Gasteiger partial charge in [-0.2, -0.15) is 0 Å². The normalized spacial score (nSPS) is 14.4. The third-order valence-electron chi connectivity index (χ3n) is 17.7. The summed E-state index contributed by atoms with van der Waals surface area (Å²) >= 11 is 0. The van der Waals surface area contributed by atoms with Crippen molar-refractivity contribution in [2.75, 3.05) is 39.6 Å². The molecule has 0 aliphatic rings. The Kier molecular flexibility index (Phi) is 64.3. The van der Waals surface area contributed by atoms with Gasteiger partial charge in [-0.3, -0.25) is 37.3 Å². The van der Waals surface area contributed by atoms with Crippen molar-refractivity contribution in [1.29, 1.82) is 0 Å². The third-order valence-corrected chi connectivity index (χ3v) is 19.6. The van der Waals surface area contributed by atoms with Gasteiger partial charge in [0.1, 0.15) is 19.3 Å². The van der Waals surface area contributed by atoms with E-state index in [0.717, 1.165) is 102 Å². The Balaban J connectivity index is 5.19. The second kappa shape index (κ2) is 65.7. The molecule has 0 amide bonds. The van der Waals surface area contributed by atoms with Crippen LogP contribution in [0.5, 0.6) is 0 Å². The summed E-state index contributed by atoms with van der Waals surface area (Å²) in [6.07, 6.45) is 51.7. The summed E-state index contributed by atoms with van der Waals surface area (Å²) in [6, 6.07) is 0. The first-order chi connectivity index (χ1) is 45.3. The number of phosphoric acid groups is 2. The zero-order valence-corrected chi connectivity index (χ0v) is 63.2. The van der Waals surface area contributed by atoms with Crippen molar-refractivity contribution in [2.45, 2.75) is 401 Å². The molecule has 0 aromatic heterocycles. The van der Waals surface area contributed by atoms with Crippen LogP contribution in [0, 0.1) is 17.8 Å². The highest BCUT2D eigenvalue weighted by atomic mass is 31.2. The Hall–Kier alpha value is -1.94. The first-order valence-corrected chi connectivity index (χ1v) is 41.9. The van der Waals surface area contributed by atoms with E-state index in [0.29, 0.717) is 37.5 Å². The van der Waals surface area contributed by atoms with Crippen molar-refractivity contribution in [2.24, 2.45) is 17.8 Å². The first kappa shape index (κ1) is 92.1. The fourth-order valence-electron chi connectivity index (χ4n) is 11.4. The van der Waals surface area contributed by atoms with Crippen LogP contribution in [0.4, 0.5) is 0 Å². The fraction of sp³-hybridized carbons (Fsp3) is 0.947. The van der Waals surface area contributed by atoms with Crippen molar-refractivity contribution < 1.29 is 80.2 Å². The number of rotatable bonds is 73. The predicted molar refractivity (Wildman–Crippen MR) is 381 cm³/mol. The molecule has 0 heterocycles. The summed E-state index contributed by atoms with van der Waals surface area (Å²) in [7, 11) is -9.91. The molecule has 558 valence electrons. The van der Waals surface area contributed by atoms with Crippen LogP contribution in [0.15, 0.2) is 0 Å². The van der Waals surface area contributed by atoms with E-state index in [1.807, 2.05) is 0 Å². The molecule has 0 spiro atoms. The summed E-state index contributed by atoms with van der Waals surface area (Å²) in [5.41, 5.74) is 0. The Morgan fingerprint density at radius 3 is 0.809 bits per heavy atom. The fourth-order valence-corrected chi connectivity index (χ4v) is 13.0. The second-order valence-corrected chi connectivity index (χ2v) is 31.1. The standard InChI is InChI=1S/C75H146O17P2/c1-8-10-11-12-13-14-15-16-17-18-19-20-21-22-23-24-25-30-35-44-51-58-74(79)91-70(62-85-72(77)56-49-42-34-29-27-26-28-33-41-48-55-68(7)9-2)64-89-93(81,82)87-60-69(76)61-88-94(83,84)90-65-71(63-86-73(78)57-50-43-38-37-40-47-54-67(5)6)92-75(80)59-52-45-36-31-32-39-46-53-66(3)4/h66-71,76H,8-65H2,1-7H3,(H,81,82)(H,83,84)/t68?,69-,70-,71-/m1/s1. The van der Waals surface area contributed by atoms with Crippen LogP contribution in [0.1, 0.15) is 382 Å². The van der Waals surface area contributed by atoms with E-state index >= 15 is 0 Å². The lowest BCUT2D eigenvalue weighted by Gasteiger charge is -2.21. The summed E-state index contributed by atoms with van der Waals surface area (Å²) in [4.78, 5) is 72.6. The molecule has 0 aliphatic heterocycles. The molecule has 3 N–H and O–H groups in total. The molecular weight excluding hydrogens is 1230 g/mol. The van der Waals surface area contributed by atoms with Gasteiger partial charge in [-0.15, -0.1) is 0 Å². The first-order valence-electron chi connectivity index (χ1n) is 38.9. The van der Waals surface area contributed by atoms with Gasteiger partial charge in [0.2, 0.25) is 0 Å². The lowest BCUT2D eigenvalue weighted by molar-refractivity contribution is -0.161. The topological polar surface area (TPSA) is 237 Å². The Bertz CT molecular complexity index is 1840. The number of hydrogen-bond acceptors (Lipinski definition) is 15. The lowest BCUT2D eigenvalue weighted by Crippen LogP contribution is -2.30. The van der Waals surface area contributed by atoms with Crippen LogP contribution in [0.3, 0.4) is 0 Å². The number of aliphatic hydroxyl groups excluding tert-OH is 1. The maximum absolute atomic E-state index is 13.1. The molecule has 0 fully saturated rings. The molecule has 17 nitrogen and oxygen atoms in total. The van der Waals surface area contributed by atoms with Crippen LogP contribution in [-0.4, -0.2) is 96.7 Å². The molecule has 6 atom stereocenters. The van der Waals surface area contributed by atoms with E-state index in [-0.39, 0.29) is 25.7 Å². The van der Waals surface area contributed by atoms with E-state index in [9.17, 15) is 43.2 Å². The van der Waals surface area contributed by atoms with Crippen molar-refractivity contribution in [3.8, 4) is 0 Å². The smallest absolute Gasteiger partial charge is 0.462 e. The van der Waals surface area contributed by atoms with Gasteiger partial charge in [-0.25, -0.2) is 9.13 Å².